The van der Waals surface area contributed by atoms with Crippen LogP contribution in [0, 0.1) is 12.3 Å². The van der Waals surface area contributed by atoms with Gasteiger partial charge in [0.15, 0.2) is 0 Å². The number of nitrogens with zero attached hydrogens (tertiary/aromatic N) is 4. The largest absolute Gasteiger partial charge is 0.334 e. The van der Waals surface area contributed by atoms with E-state index < -0.39 is 12.2 Å². The fraction of sp³-hybridized carbons (Fsp3) is 0.577. The summed E-state index contributed by atoms with van der Waals surface area (Å²) in [7, 11) is 0. The molecule has 1 aliphatic carbocycles. The molecule has 0 spiro atoms. The fourth-order valence-corrected chi connectivity index (χ4v) is 5.94. The summed E-state index contributed by atoms with van der Waals surface area (Å²) in [4.78, 5) is 44.2. The van der Waals surface area contributed by atoms with Crippen molar-refractivity contribution in [1.82, 2.24) is 25.1 Å². The van der Waals surface area contributed by atoms with Gasteiger partial charge in [0.1, 0.15) is 12.2 Å². The summed E-state index contributed by atoms with van der Waals surface area (Å²) in [6, 6.07) is 8.98. The van der Waals surface area contributed by atoms with E-state index in [1.807, 2.05) is 41.5 Å². The highest BCUT2D eigenvalue weighted by Gasteiger charge is 2.52. The summed E-state index contributed by atoms with van der Waals surface area (Å²) in [5.41, 5.74) is 0.981. The van der Waals surface area contributed by atoms with Gasteiger partial charge in [0.05, 0.1) is 19.6 Å². The number of rotatable bonds is 7. The maximum Gasteiger partial charge on any atom is 0.334 e. The van der Waals surface area contributed by atoms with Crippen LogP contribution in [0.4, 0.5) is 4.79 Å². The van der Waals surface area contributed by atoms with E-state index in [9.17, 15) is 14.4 Å². The number of fused-ring (bicyclic) bond motifs is 1. The number of piperazine rings is 1. The summed E-state index contributed by atoms with van der Waals surface area (Å²) in [5, 5.41) is 6.24. The summed E-state index contributed by atoms with van der Waals surface area (Å²) < 4.78 is 0. The molecule has 0 radical (unpaired) electrons. The molecule has 4 rings (SSSR count). The average molecular weight is 498 g/mol. The first kappa shape index (κ1) is 25.4. The number of hydrogen-bond donors (Lipinski definition) is 1. The van der Waals surface area contributed by atoms with Crippen molar-refractivity contribution < 1.29 is 14.4 Å². The Kier molecular flexibility index (Phi) is 8.58. The van der Waals surface area contributed by atoms with Crippen LogP contribution < -0.4 is 5.32 Å². The molecule has 0 aromatic heterocycles. The summed E-state index contributed by atoms with van der Waals surface area (Å²) in [6.07, 6.45) is 12.9. The van der Waals surface area contributed by atoms with E-state index in [-0.39, 0.29) is 37.0 Å². The van der Waals surface area contributed by atoms with E-state index in [1.54, 1.807) is 26.7 Å². The Morgan fingerprint density at radius 1 is 1.17 bits per heavy atom. The van der Waals surface area contributed by atoms with Crippen LogP contribution in [0.3, 0.4) is 0 Å². The molecule has 2 atom stereocenters. The molecule has 2 aliphatic heterocycles. The quantitative estimate of drug-likeness (QED) is 0.586. The fourth-order valence-electron chi connectivity index (χ4n) is 5.48. The van der Waals surface area contributed by atoms with Gasteiger partial charge in [-0.3, -0.25) is 9.59 Å². The molecule has 3 fully saturated rings. The van der Waals surface area contributed by atoms with Gasteiger partial charge >= 0.3 is 6.03 Å². The molecular formula is C26H35N5O3S. The third-order valence-corrected chi connectivity index (χ3v) is 7.80. The Labute approximate surface area is 212 Å². The molecule has 1 N–H and O–H groups in total. The van der Waals surface area contributed by atoms with E-state index in [2.05, 4.69) is 11.2 Å². The molecule has 0 bridgehead atoms. The molecule has 1 aromatic carbocycles. The zero-order chi connectivity index (χ0) is 24.8. The second-order valence-corrected chi connectivity index (χ2v) is 10.4. The number of amides is 4. The first-order valence-electron chi connectivity index (χ1n) is 12.4. The monoisotopic (exact) mass is 497 g/mol. The topological polar surface area (TPSA) is 76.2 Å². The van der Waals surface area contributed by atoms with E-state index in [0.29, 0.717) is 19.5 Å². The molecule has 2 heterocycles. The number of carbonyl (C=O) groups excluding carboxylic acids is 3. The van der Waals surface area contributed by atoms with Gasteiger partial charge in [0.25, 0.3) is 0 Å². The van der Waals surface area contributed by atoms with Gasteiger partial charge < -0.3 is 15.1 Å². The van der Waals surface area contributed by atoms with E-state index >= 15 is 0 Å². The standard InChI is InChI=1S/C26H35N5O3S/c1-3-15-28-19-24(32)30-22(14-16-35-2)25(33)29(21-12-8-5-9-13-21)18-23(30)31(28)26(34)27-17-20-10-6-4-7-11-20/h1,4,6-7,10-11,21-23H,5,8-9,12-19H2,2H3,(H,27,34)/t22-,23-/m0/s1. The Balaban J connectivity index is 1.63. The van der Waals surface area contributed by atoms with Crippen molar-refractivity contribution in [2.24, 2.45) is 0 Å². The predicted molar refractivity (Wildman–Crippen MR) is 137 cm³/mol. The molecule has 1 saturated carbocycles. The van der Waals surface area contributed by atoms with Crippen molar-refractivity contribution in [1.29, 1.82) is 0 Å². The molecule has 9 heteroatoms. The second kappa shape index (κ2) is 11.8. The maximum atomic E-state index is 13.7. The maximum absolute atomic E-state index is 13.7. The van der Waals surface area contributed by atoms with Crippen LogP contribution in [-0.2, 0) is 16.1 Å². The highest BCUT2D eigenvalue weighted by Crippen LogP contribution is 2.32. The van der Waals surface area contributed by atoms with Crippen molar-refractivity contribution in [2.45, 2.75) is 63.3 Å². The van der Waals surface area contributed by atoms with Gasteiger partial charge in [0.2, 0.25) is 11.8 Å². The smallest absolute Gasteiger partial charge is 0.334 e. The Hall–Kier alpha value is -2.70. The van der Waals surface area contributed by atoms with Crippen molar-refractivity contribution in [3.05, 3.63) is 35.9 Å². The highest BCUT2D eigenvalue weighted by atomic mass is 32.2. The van der Waals surface area contributed by atoms with Crippen molar-refractivity contribution in [3.8, 4) is 12.3 Å². The Morgan fingerprint density at radius 3 is 2.60 bits per heavy atom. The summed E-state index contributed by atoms with van der Waals surface area (Å²) >= 11 is 1.66. The highest BCUT2D eigenvalue weighted by molar-refractivity contribution is 7.98. The molecule has 188 valence electrons. The van der Waals surface area contributed by atoms with Crippen LogP contribution >= 0.6 is 11.8 Å². The number of nitrogens with one attached hydrogen (secondary N) is 1. The minimum atomic E-state index is -0.577. The van der Waals surface area contributed by atoms with Crippen LogP contribution in [0.1, 0.15) is 44.1 Å². The number of terminal acetylenes is 1. The number of hydrazine groups is 1. The zero-order valence-electron chi connectivity index (χ0n) is 20.4. The number of thioether (sulfide) groups is 1. The molecule has 1 aromatic rings. The third-order valence-electron chi connectivity index (χ3n) is 7.16. The van der Waals surface area contributed by atoms with E-state index in [4.69, 9.17) is 6.42 Å². The predicted octanol–water partition coefficient (Wildman–Crippen LogP) is 2.51. The normalized spacial score (nSPS) is 23.7. The van der Waals surface area contributed by atoms with Gasteiger partial charge in [-0.2, -0.15) is 16.8 Å². The number of urea groups is 1. The van der Waals surface area contributed by atoms with Crippen LogP contribution in [-0.4, -0.2) is 87.6 Å². The van der Waals surface area contributed by atoms with E-state index in [0.717, 1.165) is 37.0 Å². The Morgan fingerprint density at radius 2 is 1.91 bits per heavy atom. The molecule has 8 nitrogen and oxygen atoms in total. The summed E-state index contributed by atoms with van der Waals surface area (Å²) in [5.74, 6) is 3.22. The van der Waals surface area contributed by atoms with Gasteiger partial charge in [-0.25, -0.2) is 9.80 Å². The van der Waals surface area contributed by atoms with Crippen molar-refractivity contribution >= 4 is 29.6 Å². The second-order valence-electron chi connectivity index (χ2n) is 9.38. The first-order valence-corrected chi connectivity index (χ1v) is 13.8. The molecular weight excluding hydrogens is 462 g/mol. The molecule has 35 heavy (non-hydrogen) atoms. The van der Waals surface area contributed by atoms with Crippen molar-refractivity contribution in [3.63, 3.8) is 0 Å². The lowest BCUT2D eigenvalue weighted by Crippen LogP contribution is -2.77. The zero-order valence-corrected chi connectivity index (χ0v) is 21.2. The van der Waals surface area contributed by atoms with Gasteiger partial charge in [-0.1, -0.05) is 55.5 Å². The SMILES string of the molecule is C#CCN1CC(=O)N2[C@@H](CCSC)C(=O)N(C3CCCCC3)C[C@@H]2N1C(=O)NCc1ccccc1. The van der Waals surface area contributed by atoms with Crippen LogP contribution in [0.15, 0.2) is 30.3 Å². The van der Waals surface area contributed by atoms with Gasteiger partial charge in [-0.15, -0.1) is 6.42 Å². The molecule has 4 amide bonds. The third kappa shape index (κ3) is 5.60. The first-order chi connectivity index (χ1) is 17.0. The number of hydrogen-bond acceptors (Lipinski definition) is 5. The van der Waals surface area contributed by atoms with Crippen LogP contribution in [0.5, 0.6) is 0 Å². The minimum absolute atomic E-state index is 0.0191. The summed E-state index contributed by atoms with van der Waals surface area (Å²) in [6.45, 7) is 0.792. The number of carbonyl (C=O) groups is 3. The van der Waals surface area contributed by atoms with Crippen molar-refractivity contribution in [2.75, 3.05) is 31.6 Å². The molecule has 2 saturated heterocycles. The molecule has 3 aliphatic rings. The van der Waals surface area contributed by atoms with Crippen LogP contribution in [0.2, 0.25) is 0 Å². The van der Waals surface area contributed by atoms with Gasteiger partial charge in [0, 0.05) is 12.6 Å². The lowest BCUT2D eigenvalue weighted by atomic mass is 9.92. The lowest BCUT2D eigenvalue weighted by Gasteiger charge is -2.56. The lowest BCUT2D eigenvalue weighted by molar-refractivity contribution is -0.191. The minimum Gasteiger partial charge on any atom is -0.334 e. The van der Waals surface area contributed by atoms with Crippen LogP contribution in [0.25, 0.3) is 0 Å². The van der Waals surface area contributed by atoms with Gasteiger partial charge in [-0.05, 0) is 36.8 Å². The number of benzene rings is 1. The molecule has 0 unspecified atom stereocenters. The Bertz CT molecular complexity index is 946. The van der Waals surface area contributed by atoms with E-state index in [1.165, 1.54) is 6.42 Å². The average Bonchev–Trinajstić information content (AvgIpc) is 2.88.